The lowest BCUT2D eigenvalue weighted by atomic mass is 9.78. The van der Waals surface area contributed by atoms with E-state index in [4.69, 9.17) is 14.2 Å². The monoisotopic (exact) mass is 715 g/mol. The Hall–Kier alpha value is -4.14. The summed E-state index contributed by atoms with van der Waals surface area (Å²) in [7, 11) is -1.64. The van der Waals surface area contributed by atoms with Crippen molar-refractivity contribution in [2.75, 3.05) is 85.1 Å². The topological polar surface area (TPSA) is 211 Å². The van der Waals surface area contributed by atoms with Crippen LogP contribution in [-0.4, -0.2) is 181 Å². The number of rotatable bonds is 8. The summed E-state index contributed by atoms with van der Waals surface area (Å²) in [5.74, 6) is -3.86. The van der Waals surface area contributed by atoms with Crippen LogP contribution in [0.4, 0.5) is 0 Å². The predicted octanol–water partition coefficient (Wildman–Crippen LogP) is -3.41. The van der Waals surface area contributed by atoms with E-state index >= 15 is 0 Å². The number of benzene rings is 1. The third kappa shape index (κ3) is 11.2. The van der Waals surface area contributed by atoms with E-state index in [1.165, 1.54) is 4.90 Å². The quantitative estimate of drug-likeness (QED) is 0.153. The van der Waals surface area contributed by atoms with Crippen molar-refractivity contribution < 1.29 is 53.0 Å². The van der Waals surface area contributed by atoms with Crippen molar-refractivity contribution in [3.63, 3.8) is 0 Å². The van der Waals surface area contributed by atoms with E-state index in [0.717, 1.165) is 5.56 Å². The Labute approximate surface area is 296 Å². The minimum atomic E-state index is -1.76. The van der Waals surface area contributed by atoms with Crippen LogP contribution in [-0.2, 0) is 44.7 Å². The summed E-state index contributed by atoms with van der Waals surface area (Å²) in [6.07, 6.45) is 1.13. The first kappa shape index (κ1) is 38.1. The number of hydrogen-bond donors (Lipinski definition) is 4. The summed E-state index contributed by atoms with van der Waals surface area (Å²) < 4.78 is 15.5. The van der Waals surface area contributed by atoms with Gasteiger partial charge in [-0.1, -0.05) is 12.1 Å². The molecule has 4 aliphatic heterocycles. The van der Waals surface area contributed by atoms with Gasteiger partial charge in [0.15, 0.2) is 0 Å². The Morgan fingerprint density at radius 1 is 0.804 bits per heavy atom. The first-order valence-corrected chi connectivity index (χ1v) is 17.2. The van der Waals surface area contributed by atoms with Crippen LogP contribution >= 0.6 is 0 Å². The number of fused-ring (bicyclic) bond motifs is 7. The van der Waals surface area contributed by atoms with Gasteiger partial charge in [0, 0.05) is 71.0 Å². The first-order chi connectivity index (χ1) is 24.4. The molecule has 4 bridgehead atoms. The lowest BCUT2D eigenvalue weighted by Crippen LogP contribution is -2.52. The Morgan fingerprint density at radius 2 is 1.31 bits per heavy atom. The zero-order valence-electron chi connectivity index (χ0n) is 28.7. The van der Waals surface area contributed by atoms with Gasteiger partial charge in [-0.2, -0.15) is 0 Å². The molecule has 51 heavy (non-hydrogen) atoms. The first-order valence-electron chi connectivity index (χ1n) is 17.2. The smallest absolute Gasteiger partial charge is 0.426 e. The van der Waals surface area contributed by atoms with Crippen molar-refractivity contribution in [1.82, 2.24) is 35.1 Å². The normalized spacial score (nSPS) is 27.0. The van der Waals surface area contributed by atoms with Gasteiger partial charge in [-0.3, -0.25) is 48.4 Å². The Balaban J connectivity index is 1.15. The molecule has 0 aliphatic carbocycles. The molecule has 4 heterocycles. The third-order valence-electron chi connectivity index (χ3n) is 9.39. The number of carbonyl (C=O) groups is 6. The number of esters is 3. The number of ether oxygens (including phenoxy) is 3. The number of amides is 3. The molecule has 0 spiro atoms. The van der Waals surface area contributed by atoms with Crippen molar-refractivity contribution in [3.05, 3.63) is 35.4 Å². The molecule has 4 fully saturated rings. The fourth-order valence-corrected chi connectivity index (χ4v) is 6.46. The van der Waals surface area contributed by atoms with Crippen LogP contribution in [0.25, 0.3) is 0 Å². The molecule has 18 nitrogen and oxygen atoms in total. The van der Waals surface area contributed by atoms with Crippen LogP contribution in [0.5, 0.6) is 0 Å². The van der Waals surface area contributed by atoms with Crippen molar-refractivity contribution in [3.8, 4) is 0 Å². The van der Waals surface area contributed by atoms with Gasteiger partial charge in [-0.05, 0) is 37.5 Å². The zero-order valence-corrected chi connectivity index (χ0v) is 28.7. The van der Waals surface area contributed by atoms with E-state index in [-0.39, 0.29) is 44.5 Å². The average Bonchev–Trinajstić information content (AvgIpc) is 3.57. The summed E-state index contributed by atoms with van der Waals surface area (Å²) >= 11 is 0. The van der Waals surface area contributed by atoms with Crippen molar-refractivity contribution >= 4 is 42.7 Å². The highest BCUT2D eigenvalue weighted by atomic mass is 16.9. The van der Waals surface area contributed by atoms with E-state index in [0.29, 0.717) is 77.3 Å². The fourth-order valence-electron chi connectivity index (χ4n) is 6.46. The van der Waals surface area contributed by atoms with Crippen molar-refractivity contribution in [1.29, 1.82) is 0 Å². The molecule has 3 amide bonds. The van der Waals surface area contributed by atoms with Gasteiger partial charge in [0.1, 0.15) is 6.04 Å². The highest BCUT2D eigenvalue weighted by Crippen LogP contribution is 2.19. The van der Waals surface area contributed by atoms with Gasteiger partial charge < -0.3 is 39.8 Å². The summed E-state index contributed by atoms with van der Waals surface area (Å²) in [4.78, 5) is 85.7. The van der Waals surface area contributed by atoms with Crippen molar-refractivity contribution in [2.24, 2.45) is 0 Å². The maximum atomic E-state index is 13.1. The molecule has 4 atom stereocenters. The maximum absolute atomic E-state index is 13.1. The largest absolute Gasteiger partial charge is 0.475 e. The minimum absolute atomic E-state index is 0.0481. The number of hydrogen-bond acceptors (Lipinski definition) is 15. The Bertz CT molecular complexity index is 1400. The molecular formula is C32H46BN7O11. The van der Waals surface area contributed by atoms with Gasteiger partial charge in [0.2, 0.25) is 11.8 Å². The van der Waals surface area contributed by atoms with E-state index in [9.17, 15) is 38.8 Å². The maximum Gasteiger partial charge on any atom is 0.475 e. The molecule has 2 unspecified atom stereocenters. The fraction of sp³-hybridized carbons (Fsp3) is 0.625. The van der Waals surface area contributed by atoms with Crippen LogP contribution in [0.3, 0.4) is 0 Å². The molecule has 19 heteroatoms. The SMILES string of the molecule is C[C@@H](NC(=O)c1ccc(CNC(=O)CN2CCN3CCN4CCN(CC2)CC(=O)OC(OC(=O)C3)OC(=O)C4)cc1)C(=O)N1CCC[C@H]1B(O)O. The van der Waals surface area contributed by atoms with E-state index in [1.807, 2.05) is 19.6 Å². The van der Waals surface area contributed by atoms with E-state index < -0.39 is 49.4 Å². The Kier molecular flexibility index (Phi) is 13.4. The molecule has 4 N–H and O–H groups in total. The minimum Gasteiger partial charge on any atom is -0.426 e. The van der Waals surface area contributed by atoms with Crippen LogP contribution in [0, 0.1) is 0 Å². The zero-order chi connectivity index (χ0) is 36.5. The molecule has 0 aromatic heterocycles. The lowest BCUT2D eigenvalue weighted by Gasteiger charge is -2.33. The second-order valence-electron chi connectivity index (χ2n) is 13.2. The summed E-state index contributed by atoms with van der Waals surface area (Å²) in [5, 5.41) is 24.7. The van der Waals surface area contributed by atoms with E-state index in [2.05, 4.69) is 10.6 Å². The highest BCUT2D eigenvalue weighted by molar-refractivity contribution is 6.43. The van der Waals surface area contributed by atoms with Crippen molar-refractivity contribution in [2.45, 2.75) is 44.8 Å². The van der Waals surface area contributed by atoms with E-state index in [1.54, 1.807) is 31.2 Å². The second kappa shape index (κ2) is 17.9. The molecule has 4 saturated heterocycles. The van der Waals surface area contributed by atoms with Crippen LogP contribution in [0.15, 0.2) is 24.3 Å². The molecule has 0 saturated carbocycles. The summed E-state index contributed by atoms with van der Waals surface area (Å²) in [6.45, 7) is 3.79. The molecule has 1 aromatic rings. The molecule has 0 radical (unpaired) electrons. The highest BCUT2D eigenvalue weighted by Gasteiger charge is 2.38. The van der Waals surface area contributed by atoms with Gasteiger partial charge >= 0.3 is 31.5 Å². The number of nitrogens with zero attached hydrogens (tertiary/aromatic N) is 5. The van der Waals surface area contributed by atoms with Gasteiger partial charge in [-0.15, -0.1) is 0 Å². The second-order valence-corrected chi connectivity index (χ2v) is 13.2. The predicted molar refractivity (Wildman–Crippen MR) is 178 cm³/mol. The standard InChI is InChI=1S/C32H46BN7O11/c1-22(31(46)40-8-2-3-25(40)33(47)48)35-30(45)24-6-4-23(5-7-24)17-34-26(41)18-36-9-11-37-13-15-39-16-14-38(12-10-36)20-28(43)50-32(49-27(42)19-37)51-29(44)21-39/h4-7,22,25,32,47-48H,2-3,8-21H2,1H3,(H,34,41)(H,35,45)/t22-,25+/m1/s1. The number of nitrogens with one attached hydrogen (secondary N) is 2. The number of carbonyl (C=O) groups excluding carboxylic acids is 6. The van der Waals surface area contributed by atoms with Crippen LogP contribution in [0.1, 0.15) is 35.7 Å². The summed E-state index contributed by atoms with van der Waals surface area (Å²) in [6, 6.07) is 5.75. The molecule has 278 valence electrons. The third-order valence-corrected chi connectivity index (χ3v) is 9.39. The molecule has 5 rings (SSSR count). The average molecular weight is 716 g/mol. The van der Waals surface area contributed by atoms with Crippen LogP contribution in [0.2, 0.25) is 0 Å². The van der Waals surface area contributed by atoms with Gasteiger partial charge in [0.05, 0.1) is 32.1 Å². The van der Waals surface area contributed by atoms with Crippen LogP contribution < -0.4 is 10.6 Å². The van der Waals surface area contributed by atoms with Gasteiger partial charge in [0.25, 0.3) is 5.91 Å². The molecule has 1 aromatic carbocycles. The Morgan fingerprint density at radius 3 is 1.82 bits per heavy atom. The lowest BCUT2D eigenvalue weighted by molar-refractivity contribution is -0.258. The summed E-state index contributed by atoms with van der Waals surface area (Å²) in [5.41, 5.74) is 1.08. The molecular weight excluding hydrogens is 669 g/mol. The molecule has 4 aliphatic rings. The number of likely N-dealkylation sites (tertiary alicyclic amines) is 1. The van der Waals surface area contributed by atoms with Gasteiger partial charge in [-0.25, -0.2) is 0 Å².